The molecule has 1 atom stereocenters. The van der Waals surface area contributed by atoms with E-state index in [2.05, 4.69) is 16.0 Å². The Bertz CT molecular complexity index is 939. The molecule has 1 heterocycles. The lowest BCUT2D eigenvalue weighted by Crippen LogP contribution is -2.40. The summed E-state index contributed by atoms with van der Waals surface area (Å²) in [5, 5.41) is 8.75. The van der Waals surface area contributed by atoms with Gasteiger partial charge in [0, 0.05) is 41.6 Å². The van der Waals surface area contributed by atoms with E-state index in [1.807, 2.05) is 13.8 Å². The molecule has 8 nitrogen and oxygen atoms in total. The lowest BCUT2D eigenvalue weighted by Gasteiger charge is -2.26. The first-order chi connectivity index (χ1) is 15.5. The monoisotopic (exact) mass is 438 g/mol. The van der Waals surface area contributed by atoms with Crippen molar-refractivity contribution in [3.05, 3.63) is 59.7 Å². The van der Waals surface area contributed by atoms with Crippen LogP contribution in [0.25, 0.3) is 0 Å². The molecule has 0 bridgehead atoms. The van der Waals surface area contributed by atoms with Crippen LogP contribution in [0.4, 0.5) is 11.4 Å². The lowest BCUT2D eigenvalue weighted by atomic mass is 10.1. The smallest absolute Gasteiger partial charge is 0.254 e. The van der Waals surface area contributed by atoms with Crippen molar-refractivity contribution in [2.45, 2.75) is 26.3 Å². The van der Waals surface area contributed by atoms with Gasteiger partial charge in [0.25, 0.3) is 11.8 Å². The number of ether oxygens (including phenoxy) is 1. The number of anilines is 2. The predicted molar refractivity (Wildman–Crippen MR) is 124 cm³/mol. The van der Waals surface area contributed by atoms with Gasteiger partial charge in [-0.25, -0.2) is 0 Å². The zero-order chi connectivity index (χ0) is 22.9. The second-order valence-corrected chi connectivity index (χ2v) is 7.75. The number of carbonyl (C=O) groups excluding carboxylic acids is 3. The fourth-order valence-electron chi connectivity index (χ4n) is 3.21. The van der Waals surface area contributed by atoms with Crippen molar-refractivity contribution >= 4 is 29.1 Å². The summed E-state index contributed by atoms with van der Waals surface area (Å²) in [4.78, 5) is 38.9. The minimum Gasteiger partial charge on any atom is -0.378 e. The zero-order valence-corrected chi connectivity index (χ0v) is 18.5. The van der Waals surface area contributed by atoms with Crippen LogP contribution in [0.15, 0.2) is 48.5 Å². The van der Waals surface area contributed by atoms with Gasteiger partial charge in [0.1, 0.15) is 0 Å². The first-order valence-corrected chi connectivity index (χ1v) is 10.9. The van der Waals surface area contributed by atoms with Gasteiger partial charge in [0.15, 0.2) is 0 Å². The normalized spacial score (nSPS) is 14.4. The van der Waals surface area contributed by atoms with Crippen molar-refractivity contribution in [1.29, 1.82) is 0 Å². The highest BCUT2D eigenvalue weighted by molar-refractivity contribution is 5.98. The van der Waals surface area contributed by atoms with E-state index in [1.54, 1.807) is 53.4 Å². The molecule has 3 rings (SSSR count). The van der Waals surface area contributed by atoms with Crippen LogP contribution in [0, 0.1) is 0 Å². The summed E-state index contributed by atoms with van der Waals surface area (Å²) < 4.78 is 5.28. The highest BCUT2D eigenvalue weighted by Crippen LogP contribution is 2.14. The van der Waals surface area contributed by atoms with Crippen molar-refractivity contribution in [3.63, 3.8) is 0 Å². The van der Waals surface area contributed by atoms with Crippen LogP contribution in [-0.4, -0.2) is 61.5 Å². The molecule has 0 spiro atoms. The van der Waals surface area contributed by atoms with Gasteiger partial charge in [-0.15, -0.1) is 0 Å². The molecule has 1 aliphatic rings. The van der Waals surface area contributed by atoms with E-state index in [9.17, 15) is 14.4 Å². The summed E-state index contributed by atoms with van der Waals surface area (Å²) in [6, 6.07) is 14.0. The first kappa shape index (κ1) is 23.3. The lowest BCUT2D eigenvalue weighted by molar-refractivity contribution is -0.114. The Hall–Kier alpha value is -3.39. The quantitative estimate of drug-likeness (QED) is 0.589. The number of rotatable bonds is 8. The van der Waals surface area contributed by atoms with E-state index >= 15 is 0 Å². The molecule has 1 unspecified atom stereocenters. The van der Waals surface area contributed by atoms with E-state index in [4.69, 9.17) is 4.74 Å². The Kier molecular flexibility index (Phi) is 8.21. The van der Waals surface area contributed by atoms with Crippen LogP contribution in [0.3, 0.4) is 0 Å². The number of hydrogen-bond acceptors (Lipinski definition) is 5. The average Bonchev–Trinajstić information content (AvgIpc) is 2.83. The third-order valence-electron chi connectivity index (χ3n) is 5.28. The fourth-order valence-corrected chi connectivity index (χ4v) is 3.21. The summed E-state index contributed by atoms with van der Waals surface area (Å²) in [5.74, 6) is -0.423. The number of amides is 3. The van der Waals surface area contributed by atoms with Crippen molar-refractivity contribution < 1.29 is 19.1 Å². The van der Waals surface area contributed by atoms with E-state index in [0.29, 0.717) is 43.1 Å². The first-order valence-electron chi connectivity index (χ1n) is 10.9. The van der Waals surface area contributed by atoms with Gasteiger partial charge in [0.2, 0.25) is 5.91 Å². The number of nitrogens with one attached hydrogen (secondary N) is 3. The maximum atomic E-state index is 12.5. The second-order valence-electron chi connectivity index (χ2n) is 7.75. The summed E-state index contributed by atoms with van der Waals surface area (Å²) in [6.45, 7) is 6.32. The predicted octanol–water partition coefficient (Wildman–Crippen LogP) is 2.74. The van der Waals surface area contributed by atoms with Crippen LogP contribution >= 0.6 is 0 Å². The summed E-state index contributed by atoms with van der Waals surface area (Å²) in [6.07, 6.45) is 0.843. The molecule has 0 radical (unpaired) electrons. The molecule has 8 heteroatoms. The topological polar surface area (TPSA) is 99.8 Å². The molecule has 1 aliphatic heterocycles. The van der Waals surface area contributed by atoms with Gasteiger partial charge < -0.3 is 25.6 Å². The zero-order valence-electron chi connectivity index (χ0n) is 18.5. The molecule has 2 aromatic carbocycles. The fraction of sp³-hybridized carbons (Fsp3) is 0.375. The van der Waals surface area contributed by atoms with Gasteiger partial charge in [-0.3, -0.25) is 14.4 Å². The number of benzene rings is 2. The Balaban J connectivity index is 1.50. The van der Waals surface area contributed by atoms with Crippen molar-refractivity contribution in [2.75, 3.05) is 43.5 Å². The minimum absolute atomic E-state index is 0.0187. The molecular weight excluding hydrogens is 408 g/mol. The highest BCUT2D eigenvalue weighted by Gasteiger charge is 2.18. The summed E-state index contributed by atoms with van der Waals surface area (Å²) in [5.41, 5.74) is 2.39. The van der Waals surface area contributed by atoms with Crippen LogP contribution in [0.5, 0.6) is 0 Å². The standard InChI is InChI=1S/C24H30N4O4/c1-3-17(2)26-23(30)19-5-4-6-21(15-19)27-22(29)16-25-20-9-7-18(8-10-20)24(31)28-11-13-32-14-12-28/h4-10,15,17,25H,3,11-14,16H2,1-2H3,(H,26,30)(H,27,29). The highest BCUT2D eigenvalue weighted by atomic mass is 16.5. The summed E-state index contributed by atoms with van der Waals surface area (Å²) >= 11 is 0. The molecule has 3 N–H and O–H groups in total. The van der Waals surface area contributed by atoms with Gasteiger partial charge in [-0.05, 0) is 55.8 Å². The maximum Gasteiger partial charge on any atom is 0.254 e. The van der Waals surface area contributed by atoms with Crippen molar-refractivity contribution in [2.24, 2.45) is 0 Å². The Morgan fingerprint density at radius 3 is 2.41 bits per heavy atom. The van der Waals surface area contributed by atoms with Crippen LogP contribution < -0.4 is 16.0 Å². The largest absolute Gasteiger partial charge is 0.378 e. The number of nitrogens with zero attached hydrogens (tertiary/aromatic N) is 1. The molecule has 170 valence electrons. The van der Waals surface area contributed by atoms with Gasteiger partial charge >= 0.3 is 0 Å². The van der Waals surface area contributed by atoms with Crippen molar-refractivity contribution in [1.82, 2.24) is 10.2 Å². The average molecular weight is 439 g/mol. The summed E-state index contributed by atoms with van der Waals surface area (Å²) in [7, 11) is 0. The van der Waals surface area contributed by atoms with Crippen molar-refractivity contribution in [3.8, 4) is 0 Å². The molecule has 1 fully saturated rings. The molecule has 1 saturated heterocycles. The Morgan fingerprint density at radius 2 is 1.72 bits per heavy atom. The third kappa shape index (κ3) is 6.55. The maximum absolute atomic E-state index is 12.5. The van der Waals surface area contributed by atoms with Crippen LogP contribution in [-0.2, 0) is 9.53 Å². The van der Waals surface area contributed by atoms with Crippen LogP contribution in [0.2, 0.25) is 0 Å². The number of hydrogen-bond donors (Lipinski definition) is 3. The molecule has 3 amide bonds. The van der Waals surface area contributed by atoms with Gasteiger partial charge in [0.05, 0.1) is 19.8 Å². The second kappa shape index (κ2) is 11.3. The molecule has 0 aliphatic carbocycles. The van der Waals surface area contributed by atoms with E-state index in [1.165, 1.54) is 0 Å². The Labute approximate surface area is 188 Å². The van der Waals surface area contributed by atoms with Gasteiger partial charge in [-0.2, -0.15) is 0 Å². The van der Waals surface area contributed by atoms with Crippen LogP contribution in [0.1, 0.15) is 41.0 Å². The van der Waals surface area contributed by atoms with E-state index in [0.717, 1.165) is 12.1 Å². The Morgan fingerprint density at radius 1 is 1.00 bits per heavy atom. The molecule has 32 heavy (non-hydrogen) atoms. The minimum atomic E-state index is -0.238. The molecule has 0 aromatic heterocycles. The molecular formula is C24H30N4O4. The molecule has 0 saturated carbocycles. The van der Waals surface area contributed by atoms with E-state index < -0.39 is 0 Å². The van der Waals surface area contributed by atoms with Gasteiger partial charge in [-0.1, -0.05) is 13.0 Å². The van der Waals surface area contributed by atoms with E-state index in [-0.39, 0.29) is 30.3 Å². The number of morpholine rings is 1. The SMILES string of the molecule is CCC(C)NC(=O)c1cccc(NC(=O)CNc2ccc(C(=O)N3CCOCC3)cc2)c1. The molecule has 2 aromatic rings. The number of carbonyl (C=O) groups is 3. The third-order valence-corrected chi connectivity index (χ3v) is 5.28.